The number of nitrogens with zero attached hydrogens (tertiary/aromatic N) is 1. The van der Waals surface area contributed by atoms with Gasteiger partial charge in [0.05, 0.1) is 13.1 Å². The van der Waals surface area contributed by atoms with Crippen molar-refractivity contribution in [3.8, 4) is 12.3 Å². The number of hydrogen-bond donors (Lipinski definition) is 1. The van der Waals surface area contributed by atoms with Gasteiger partial charge in [0.15, 0.2) is 0 Å². The van der Waals surface area contributed by atoms with Crippen LogP contribution in [-0.2, 0) is 4.79 Å². The van der Waals surface area contributed by atoms with Crippen LogP contribution in [0.3, 0.4) is 0 Å². The third-order valence-corrected chi connectivity index (χ3v) is 4.23. The first kappa shape index (κ1) is 12.4. The van der Waals surface area contributed by atoms with Gasteiger partial charge in [0.1, 0.15) is 0 Å². The Balaban J connectivity index is 1.69. The van der Waals surface area contributed by atoms with E-state index in [1.807, 2.05) is 7.05 Å². The SMILES string of the molecule is C#CCNC(=O)CN(C)CC1CC2CCC1C2. The highest BCUT2D eigenvalue weighted by Crippen LogP contribution is 2.48. The van der Waals surface area contributed by atoms with Crippen LogP contribution in [0.5, 0.6) is 0 Å². The molecule has 2 aliphatic rings. The lowest BCUT2D eigenvalue weighted by Crippen LogP contribution is -2.38. The summed E-state index contributed by atoms with van der Waals surface area (Å²) in [5.74, 6) is 5.18. The van der Waals surface area contributed by atoms with Gasteiger partial charge in [-0.15, -0.1) is 6.42 Å². The molecule has 2 aliphatic carbocycles. The van der Waals surface area contributed by atoms with Crippen molar-refractivity contribution in [1.82, 2.24) is 10.2 Å². The second-order valence-electron chi connectivity index (χ2n) is 5.61. The molecule has 0 aromatic heterocycles. The van der Waals surface area contributed by atoms with Crippen molar-refractivity contribution in [1.29, 1.82) is 0 Å². The van der Waals surface area contributed by atoms with E-state index < -0.39 is 0 Å². The number of fused-ring (bicyclic) bond motifs is 2. The number of nitrogens with one attached hydrogen (secondary N) is 1. The van der Waals surface area contributed by atoms with Crippen LogP contribution >= 0.6 is 0 Å². The largest absolute Gasteiger partial charge is 0.344 e. The van der Waals surface area contributed by atoms with Crippen molar-refractivity contribution in [2.75, 3.05) is 26.7 Å². The van der Waals surface area contributed by atoms with Crippen molar-refractivity contribution in [3.05, 3.63) is 0 Å². The fourth-order valence-corrected chi connectivity index (χ4v) is 3.52. The molecule has 0 heterocycles. The maximum atomic E-state index is 11.5. The molecular weight excluding hydrogens is 212 g/mol. The first-order chi connectivity index (χ1) is 8.19. The molecule has 2 bridgehead atoms. The summed E-state index contributed by atoms with van der Waals surface area (Å²) >= 11 is 0. The van der Waals surface area contributed by atoms with Gasteiger partial charge in [0, 0.05) is 6.54 Å². The van der Waals surface area contributed by atoms with E-state index in [2.05, 4.69) is 16.1 Å². The van der Waals surface area contributed by atoms with E-state index in [1.165, 1.54) is 25.7 Å². The Morgan fingerprint density at radius 3 is 2.88 bits per heavy atom. The monoisotopic (exact) mass is 234 g/mol. The quantitative estimate of drug-likeness (QED) is 0.723. The average molecular weight is 234 g/mol. The predicted octanol–water partition coefficient (Wildman–Crippen LogP) is 1.10. The molecule has 3 atom stereocenters. The Kier molecular flexibility index (Phi) is 4.06. The summed E-state index contributed by atoms with van der Waals surface area (Å²) < 4.78 is 0. The van der Waals surface area contributed by atoms with Crippen LogP contribution in [-0.4, -0.2) is 37.5 Å². The van der Waals surface area contributed by atoms with Crippen LogP contribution in [0.2, 0.25) is 0 Å². The average Bonchev–Trinajstić information content (AvgIpc) is 2.87. The molecule has 0 aliphatic heterocycles. The molecule has 0 spiro atoms. The minimum Gasteiger partial charge on any atom is -0.344 e. The lowest BCUT2D eigenvalue weighted by Gasteiger charge is -2.26. The van der Waals surface area contributed by atoms with Gasteiger partial charge in [-0.2, -0.15) is 0 Å². The summed E-state index contributed by atoms with van der Waals surface area (Å²) in [5, 5.41) is 2.71. The molecule has 2 saturated carbocycles. The van der Waals surface area contributed by atoms with E-state index in [4.69, 9.17) is 6.42 Å². The third kappa shape index (κ3) is 3.23. The van der Waals surface area contributed by atoms with Crippen LogP contribution in [0, 0.1) is 30.1 Å². The van der Waals surface area contributed by atoms with E-state index in [1.54, 1.807) is 0 Å². The fraction of sp³-hybridized carbons (Fsp3) is 0.786. The number of likely N-dealkylation sites (N-methyl/N-ethyl adjacent to an activating group) is 1. The van der Waals surface area contributed by atoms with Gasteiger partial charge in [0.25, 0.3) is 0 Å². The van der Waals surface area contributed by atoms with Gasteiger partial charge in [-0.05, 0) is 44.1 Å². The highest BCUT2D eigenvalue weighted by atomic mass is 16.1. The van der Waals surface area contributed by atoms with Crippen molar-refractivity contribution in [2.45, 2.75) is 25.7 Å². The zero-order valence-electron chi connectivity index (χ0n) is 10.6. The first-order valence-electron chi connectivity index (χ1n) is 6.57. The first-order valence-corrected chi connectivity index (χ1v) is 6.57. The van der Waals surface area contributed by atoms with Gasteiger partial charge in [-0.3, -0.25) is 9.69 Å². The highest BCUT2D eigenvalue weighted by Gasteiger charge is 2.39. The molecule has 3 heteroatoms. The second kappa shape index (κ2) is 5.55. The number of carbonyl (C=O) groups is 1. The number of hydrogen-bond acceptors (Lipinski definition) is 2. The Bertz CT molecular complexity index is 321. The molecule has 3 unspecified atom stereocenters. The number of terminal acetylenes is 1. The molecule has 17 heavy (non-hydrogen) atoms. The van der Waals surface area contributed by atoms with Gasteiger partial charge in [0.2, 0.25) is 5.91 Å². The van der Waals surface area contributed by atoms with E-state index in [-0.39, 0.29) is 5.91 Å². The maximum Gasteiger partial charge on any atom is 0.234 e. The summed E-state index contributed by atoms with van der Waals surface area (Å²) in [6.45, 7) is 1.86. The Labute approximate surface area is 104 Å². The molecule has 2 fully saturated rings. The Hall–Kier alpha value is -1.01. The molecular formula is C14H22N2O. The summed E-state index contributed by atoms with van der Waals surface area (Å²) in [5.41, 5.74) is 0. The van der Waals surface area contributed by atoms with E-state index in [0.29, 0.717) is 13.1 Å². The lowest BCUT2D eigenvalue weighted by atomic mass is 9.88. The van der Waals surface area contributed by atoms with E-state index in [0.717, 1.165) is 24.3 Å². The minimum absolute atomic E-state index is 0.0357. The van der Waals surface area contributed by atoms with E-state index >= 15 is 0 Å². The molecule has 1 amide bonds. The highest BCUT2D eigenvalue weighted by molar-refractivity contribution is 5.78. The molecule has 0 aromatic rings. The van der Waals surface area contributed by atoms with Crippen LogP contribution in [0.1, 0.15) is 25.7 Å². The minimum atomic E-state index is 0.0357. The number of amides is 1. The second-order valence-corrected chi connectivity index (χ2v) is 5.61. The van der Waals surface area contributed by atoms with Gasteiger partial charge in [-0.1, -0.05) is 12.3 Å². The Morgan fingerprint density at radius 1 is 1.47 bits per heavy atom. The number of rotatable bonds is 5. The summed E-state index contributed by atoms with van der Waals surface area (Å²) in [6, 6.07) is 0. The standard InChI is InChI=1S/C14H22N2O/c1-3-6-15-14(17)10-16(2)9-13-8-11-4-5-12(13)7-11/h1,11-13H,4-10H2,2H3,(H,15,17). The molecule has 94 valence electrons. The fourth-order valence-electron chi connectivity index (χ4n) is 3.52. The van der Waals surface area contributed by atoms with Crippen LogP contribution in [0.15, 0.2) is 0 Å². The summed E-state index contributed by atoms with van der Waals surface area (Å²) in [4.78, 5) is 13.6. The molecule has 0 radical (unpaired) electrons. The third-order valence-electron chi connectivity index (χ3n) is 4.23. The Morgan fingerprint density at radius 2 is 2.29 bits per heavy atom. The van der Waals surface area contributed by atoms with E-state index in [9.17, 15) is 4.79 Å². The normalized spacial score (nSPS) is 30.5. The lowest BCUT2D eigenvalue weighted by molar-refractivity contribution is -0.121. The van der Waals surface area contributed by atoms with Crippen molar-refractivity contribution in [2.24, 2.45) is 17.8 Å². The summed E-state index contributed by atoms with van der Waals surface area (Å²) in [7, 11) is 2.03. The maximum absolute atomic E-state index is 11.5. The topological polar surface area (TPSA) is 32.3 Å². The summed E-state index contributed by atoms with van der Waals surface area (Å²) in [6.07, 6.45) is 10.8. The molecule has 3 nitrogen and oxygen atoms in total. The molecule has 0 saturated heterocycles. The van der Waals surface area contributed by atoms with Crippen molar-refractivity contribution >= 4 is 5.91 Å². The molecule has 0 aromatic carbocycles. The van der Waals surface area contributed by atoms with Gasteiger partial charge < -0.3 is 5.32 Å². The van der Waals surface area contributed by atoms with Crippen LogP contribution < -0.4 is 5.32 Å². The molecule has 1 N–H and O–H groups in total. The smallest absolute Gasteiger partial charge is 0.234 e. The van der Waals surface area contributed by atoms with Crippen molar-refractivity contribution in [3.63, 3.8) is 0 Å². The zero-order chi connectivity index (χ0) is 12.3. The van der Waals surface area contributed by atoms with Gasteiger partial charge >= 0.3 is 0 Å². The predicted molar refractivity (Wildman–Crippen MR) is 68.3 cm³/mol. The number of carbonyl (C=O) groups excluding carboxylic acids is 1. The molecule has 2 rings (SSSR count). The van der Waals surface area contributed by atoms with Gasteiger partial charge in [-0.25, -0.2) is 0 Å². The van der Waals surface area contributed by atoms with Crippen LogP contribution in [0.4, 0.5) is 0 Å². The zero-order valence-corrected chi connectivity index (χ0v) is 10.6. The van der Waals surface area contributed by atoms with Crippen molar-refractivity contribution < 1.29 is 4.79 Å². The van der Waals surface area contributed by atoms with Crippen LogP contribution in [0.25, 0.3) is 0 Å².